The lowest BCUT2D eigenvalue weighted by molar-refractivity contribution is 0.0707. The van der Waals surface area contributed by atoms with Crippen LogP contribution >= 0.6 is 0 Å². The molecule has 1 aliphatic heterocycles. The van der Waals surface area contributed by atoms with Crippen LogP contribution in [0.4, 0.5) is 0 Å². The van der Waals surface area contributed by atoms with Crippen molar-refractivity contribution in [2.45, 2.75) is 32.2 Å². The predicted molar refractivity (Wildman–Crippen MR) is 108 cm³/mol. The van der Waals surface area contributed by atoms with Crippen LogP contribution in [0.1, 0.15) is 46.1 Å². The van der Waals surface area contributed by atoms with Crippen LogP contribution in [-0.2, 0) is 6.54 Å². The van der Waals surface area contributed by atoms with Crippen molar-refractivity contribution in [3.8, 4) is 5.75 Å². The van der Waals surface area contributed by atoms with Gasteiger partial charge in [-0.05, 0) is 43.0 Å². The number of nitrogens with zero attached hydrogens (tertiary/aromatic N) is 3. The highest BCUT2D eigenvalue weighted by atomic mass is 16.3. The number of phenols is 1. The second-order valence-corrected chi connectivity index (χ2v) is 7.49. The summed E-state index contributed by atoms with van der Waals surface area (Å²) in [5.41, 5.74) is 2.58. The third kappa shape index (κ3) is 3.79. The third-order valence-electron chi connectivity index (χ3n) is 5.47. The van der Waals surface area contributed by atoms with Gasteiger partial charge in [-0.15, -0.1) is 0 Å². The molecule has 0 saturated carbocycles. The largest absolute Gasteiger partial charge is 0.507 e. The number of aryl methyl sites for hydroxylation is 1. The summed E-state index contributed by atoms with van der Waals surface area (Å²) in [5, 5.41) is 10.1. The maximum Gasteiger partial charge on any atom is 0.257 e. The Morgan fingerprint density at radius 2 is 1.89 bits per heavy atom. The van der Waals surface area contributed by atoms with Crippen LogP contribution in [0.3, 0.4) is 0 Å². The van der Waals surface area contributed by atoms with Gasteiger partial charge in [0, 0.05) is 37.9 Å². The number of hydrogen-bond donors (Lipinski definition) is 1. The summed E-state index contributed by atoms with van der Waals surface area (Å²) < 4.78 is 2.21. The first-order chi connectivity index (χ1) is 13.6. The van der Waals surface area contributed by atoms with Crippen molar-refractivity contribution in [3.63, 3.8) is 0 Å². The van der Waals surface area contributed by atoms with E-state index in [1.54, 1.807) is 12.1 Å². The summed E-state index contributed by atoms with van der Waals surface area (Å²) in [6, 6.07) is 15.6. The first-order valence-corrected chi connectivity index (χ1v) is 9.75. The summed E-state index contributed by atoms with van der Waals surface area (Å²) in [6.07, 6.45) is 5.65. The number of piperidine rings is 1. The van der Waals surface area contributed by atoms with Crippen LogP contribution in [-0.4, -0.2) is 38.6 Å². The topological polar surface area (TPSA) is 58.4 Å². The van der Waals surface area contributed by atoms with Crippen LogP contribution < -0.4 is 0 Å². The van der Waals surface area contributed by atoms with E-state index >= 15 is 0 Å². The number of imidazole rings is 1. The van der Waals surface area contributed by atoms with Gasteiger partial charge in [0.25, 0.3) is 5.91 Å². The number of aromatic nitrogens is 2. The Bertz CT molecular complexity index is 957. The van der Waals surface area contributed by atoms with Gasteiger partial charge in [-0.1, -0.05) is 36.4 Å². The molecule has 1 N–H and O–H groups in total. The quantitative estimate of drug-likeness (QED) is 0.751. The van der Waals surface area contributed by atoms with E-state index in [1.807, 2.05) is 36.4 Å². The fourth-order valence-electron chi connectivity index (χ4n) is 3.93. The standard InChI is InChI=1S/C23H25N3O2/c1-17-7-8-20(21(27)15-17)23(28)25-12-9-19(10-13-25)22-24-11-14-26(22)16-18-5-3-2-4-6-18/h2-8,11,14-15,19,27H,9-10,12-13,16H2,1H3. The number of phenolic OH excluding ortho intramolecular Hbond substituents is 1. The molecule has 1 amide bonds. The molecule has 0 aliphatic carbocycles. The molecule has 0 radical (unpaired) electrons. The average Bonchev–Trinajstić information content (AvgIpc) is 3.16. The maximum absolute atomic E-state index is 12.8. The molecule has 5 heteroatoms. The summed E-state index contributed by atoms with van der Waals surface area (Å²) in [6.45, 7) is 4.06. The van der Waals surface area contributed by atoms with Crippen molar-refractivity contribution in [1.82, 2.24) is 14.5 Å². The zero-order valence-corrected chi connectivity index (χ0v) is 16.1. The molecule has 5 nitrogen and oxygen atoms in total. The smallest absolute Gasteiger partial charge is 0.257 e. The van der Waals surface area contributed by atoms with Crippen LogP contribution in [0.5, 0.6) is 5.75 Å². The average molecular weight is 375 g/mol. The molecule has 2 heterocycles. The van der Waals surface area contributed by atoms with Gasteiger partial charge in [0.15, 0.2) is 0 Å². The fourth-order valence-corrected chi connectivity index (χ4v) is 3.93. The summed E-state index contributed by atoms with van der Waals surface area (Å²) in [5.74, 6) is 1.40. The monoisotopic (exact) mass is 375 g/mol. The lowest BCUT2D eigenvalue weighted by atomic mass is 9.95. The van der Waals surface area contributed by atoms with Crippen molar-refractivity contribution in [3.05, 3.63) is 83.4 Å². The molecule has 1 saturated heterocycles. The normalized spacial score (nSPS) is 15.0. The molecule has 144 valence electrons. The molecule has 0 spiro atoms. The van der Waals surface area contributed by atoms with E-state index in [0.29, 0.717) is 24.6 Å². The van der Waals surface area contributed by atoms with Gasteiger partial charge in [0.05, 0.1) is 5.56 Å². The molecular formula is C23H25N3O2. The van der Waals surface area contributed by atoms with E-state index in [4.69, 9.17) is 0 Å². The van der Waals surface area contributed by atoms with E-state index in [2.05, 4.69) is 33.8 Å². The van der Waals surface area contributed by atoms with Gasteiger partial charge in [0.2, 0.25) is 0 Å². The van der Waals surface area contributed by atoms with Crippen molar-refractivity contribution < 1.29 is 9.90 Å². The fraction of sp³-hybridized carbons (Fsp3) is 0.304. The number of aromatic hydroxyl groups is 1. The molecule has 0 unspecified atom stereocenters. The molecule has 3 aromatic rings. The Morgan fingerprint density at radius 3 is 2.61 bits per heavy atom. The SMILES string of the molecule is Cc1ccc(C(=O)N2CCC(c3nccn3Cc3ccccc3)CC2)c(O)c1. The molecule has 1 aromatic heterocycles. The van der Waals surface area contributed by atoms with Crippen LogP contribution in [0.2, 0.25) is 0 Å². The Kier molecular flexibility index (Phi) is 5.15. The van der Waals surface area contributed by atoms with Gasteiger partial charge in [-0.2, -0.15) is 0 Å². The van der Waals surface area contributed by atoms with E-state index < -0.39 is 0 Å². The highest BCUT2D eigenvalue weighted by Crippen LogP contribution is 2.29. The second-order valence-electron chi connectivity index (χ2n) is 7.49. The van der Waals surface area contributed by atoms with Gasteiger partial charge >= 0.3 is 0 Å². The number of rotatable bonds is 4. The zero-order chi connectivity index (χ0) is 19.5. The Labute approximate surface area is 165 Å². The van der Waals surface area contributed by atoms with Crippen molar-refractivity contribution in [1.29, 1.82) is 0 Å². The molecule has 0 atom stereocenters. The molecule has 1 fully saturated rings. The number of likely N-dealkylation sites (tertiary alicyclic amines) is 1. The van der Waals surface area contributed by atoms with E-state index in [-0.39, 0.29) is 11.7 Å². The van der Waals surface area contributed by atoms with Crippen molar-refractivity contribution >= 4 is 5.91 Å². The van der Waals surface area contributed by atoms with Gasteiger partial charge < -0.3 is 14.6 Å². The highest BCUT2D eigenvalue weighted by molar-refractivity contribution is 5.97. The van der Waals surface area contributed by atoms with E-state index in [0.717, 1.165) is 30.8 Å². The third-order valence-corrected chi connectivity index (χ3v) is 5.47. The highest BCUT2D eigenvalue weighted by Gasteiger charge is 2.28. The maximum atomic E-state index is 12.8. The molecule has 4 rings (SSSR count). The summed E-state index contributed by atoms with van der Waals surface area (Å²) in [7, 11) is 0. The minimum atomic E-state index is -0.0939. The van der Waals surface area contributed by atoms with Crippen LogP contribution in [0, 0.1) is 6.92 Å². The number of carbonyl (C=O) groups excluding carboxylic acids is 1. The minimum absolute atomic E-state index is 0.0607. The molecule has 0 bridgehead atoms. The minimum Gasteiger partial charge on any atom is -0.507 e. The van der Waals surface area contributed by atoms with E-state index in [9.17, 15) is 9.90 Å². The van der Waals surface area contributed by atoms with Gasteiger partial charge in [0.1, 0.15) is 11.6 Å². The van der Waals surface area contributed by atoms with Crippen LogP contribution in [0.25, 0.3) is 0 Å². The van der Waals surface area contributed by atoms with Gasteiger partial charge in [-0.25, -0.2) is 4.98 Å². The first kappa shape index (κ1) is 18.3. The lowest BCUT2D eigenvalue weighted by Gasteiger charge is -2.32. The van der Waals surface area contributed by atoms with Crippen molar-refractivity contribution in [2.24, 2.45) is 0 Å². The molecule has 2 aromatic carbocycles. The van der Waals surface area contributed by atoms with E-state index in [1.165, 1.54) is 5.56 Å². The first-order valence-electron chi connectivity index (χ1n) is 9.75. The summed E-state index contributed by atoms with van der Waals surface area (Å²) in [4.78, 5) is 19.2. The zero-order valence-electron chi connectivity index (χ0n) is 16.1. The molecule has 1 aliphatic rings. The van der Waals surface area contributed by atoms with Crippen LogP contribution in [0.15, 0.2) is 60.9 Å². The molecule has 28 heavy (non-hydrogen) atoms. The second kappa shape index (κ2) is 7.89. The van der Waals surface area contributed by atoms with Crippen molar-refractivity contribution in [2.75, 3.05) is 13.1 Å². The number of carbonyl (C=O) groups is 1. The number of amides is 1. The summed E-state index contributed by atoms with van der Waals surface area (Å²) >= 11 is 0. The Hall–Kier alpha value is -3.08. The lowest BCUT2D eigenvalue weighted by Crippen LogP contribution is -2.38. The Morgan fingerprint density at radius 1 is 1.14 bits per heavy atom. The molecular weight excluding hydrogens is 350 g/mol. The predicted octanol–water partition coefficient (Wildman–Crippen LogP) is 3.97. The van der Waals surface area contributed by atoms with Gasteiger partial charge in [-0.3, -0.25) is 4.79 Å². The number of hydrogen-bond acceptors (Lipinski definition) is 3. The number of benzene rings is 2. The Balaban J connectivity index is 1.42.